The number of rotatable bonds is 5. The summed E-state index contributed by atoms with van der Waals surface area (Å²) in [5.41, 5.74) is 0.0150. The van der Waals surface area contributed by atoms with Crippen LogP contribution in [0.3, 0.4) is 0 Å². The number of fused-ring (bicyclic) bond motifs is 1. The number of nitrogens with zero attached hydrogens (tertiary/aromatic N) is 1. The van der Waals surface area contributed by atoms with Crippen LogP contribution in [0.2, 0.25) is 0 Å². The Balaban J connectivity index is 1.72. The summed E-state index contributed by atoms with van der Waals surface area (Å²) in [5.74, 6) is -1.92. The lowest BCUT2D eigenvalue weighted by molar-refractivity contribution is -0.137. The van der Waals surface area contributed by atoms with Crippen LogP contribution in [0.4, 0.5) is 17.6 Å². The lowest BCUT2D eigenvalue weighted by Crippen LogP contribution is -2.13. The molecule has 1 N–H and O–H groups in total. The number of hydrogen-bond acceptors (Lipinski definition) is 3. The highest BCUT2D eigenvalue weighted by Crippen LogP contribution is 2.34. The summed E-state index contributed by atoms with van der Waals surface area (Å²) in [6, 6.07) is 12.7. The normalized spacial score (nSPS) is 12.6. The van der Waals surface area contributed by atoms with Crippen LogP contribution in [0, 0.1) is 5.82 Å². The van der Waals surface area contributed by atoms with Crippen molar-refractivity contribution in [1.29, 1.82) is 0 Å². The van der Waals surface area contributed by atoms with Crippen molar-refractivity contribution in [3.8, 4) is 0 Å². The topological polar surface area (TPSA) is 62.8 Å². The third-order valence-electron chi connectivity index (χ3n) is 5.23. The number of nitrogens with one attached hydrogen (secondary N) is 1. The van der Waals surface area contributed by atoms with E-state index in [-0.39, 0.29) is 28.9 Å². The summed E-state index contributed by atoms with van der Waals surface area (Å²) in [5, 5.41) is 0.416. The van der Waals surface area contributed by atoms with Gasteiger partial charge in [0.05, 0.1) is 11.3 Å². The van der Waals surface area contributed by atoms with E-state index in [4.69, 9.17) is 0 Å². The predicted molar refractivity (Wildman–Crippen MR) is 111 cm³/mol. The SMILES string of the molecule is O=C(C[C@@H](c1ccc(C(F)(F)F)cc1)c1ncccc1F)c1ccc2c(=O)cc[nH]c2c1. The number of halogens is 4. The van der Waals surface area contributed by atoms with Crippen LogP contribution in [-0.2, 0) is 6.18 Å². The molecule has 0 saturated carbocycles. The summed E-state index contributed by atoms with van der Waals surface area (Å²) >= 11 is 0. The Kier molecular flexibility index (Phi) is 5.61. The molecule has 0 aliphatic carbocycles. The molecule has 4 rings (SSSR count). The largest absolute Gasteiger partial charge is 0.416 e. The zero-order chi connectivity index (χ0) is 22.9. The summed E-state index contributed by atoms with van der Waals surface area (Å²) in [4.78, 5) is 31.9. The van der Waals surface area contributed by atoms with Crippen LogP contribution in [0.1, 0.15) is 39.5 Å². The molecular weight excluding hydrogens is 424 g/mol. The van der Waals surface area contributed by atoms with E-state index < -0.39 is 23.5 Å². The summed E-state index contributed by atoms with van der Waals surface area (Å²) in [7, 11) is 0. The minimum atomic E-state index is -4.51. The maximum atomic E-state index is 14.5. The van der Waals surface area contributed by atoms with Gasteiger partial charge in [0, 0.05) is 47.3 Å². The van der Waals surface area contributed by atoms with Gasteiger partial charge in [-0.2, -0.15) is 13.2 Å². The van der Waals surface area contributed by atoms with E-state index in [0.717, 1.165) is 12.1 Å². The van der Waals surface area contributed by atoms with Gasteiger partial charge in [-0.3, -0.25) is 14.6 Å². The number of ketones is 1. The van der Waals surface area contributed by atoms with Crippen molar-refractivity contribution in [1.82, 2.24) is 9.97 Å². The fourth-order valence-corrected chi connectivity index (χ4v) is 3.58. The minimum Gasteiger partial charge on any atom is -0.361 e. The highest BCUT2D eigenvalue weighted by Gasteiger charge is 2.31. The molecule has 0 fully saturated rings. The van der Waals surface area contributed by atoms with E-state index >= 15 is 0 Å². The monoisotopic (exact) mass is 440 g/mol. The van der Waals surface area contributed by atoms with Crippen LogP contribution >= 0.6 is 0 Å². The Morgan fingerprint density at radius 3 is 2.47 bits per heavy atom. The molecule has 0 bridgehead atoms. The van der Waals surface area contributed by atoms with Crippen molar-refractivity contribution in [2.45, 2.75) is 18.5 Å². The second kappa shape index (κ2) is 8.37. The smallest absolute Gasteiger partial charge is 0.361 e. The average Bonchev–Trinajstić information content (AvgIpc) is 2.77. The van der Waals surface area contributed by atoms with Crippen molar-refractivity contribution >= 4 is 16.7 Å². The fraction of sp³-hybridized carbons (Fsp3) is 0.125. The first-order chi connectivity index (χ1) is 15.2. The molecule has 32 heavy (non-hydrogen) atoms. The second-order valence-corrected chi connectivity index (χ2v) is 7.27. The maximum Gasteiger partial charge on any atom is 0.416 e. The fourth-order valence-electron chi connectivity index (χ4n) is 3.58. The summed E-state index contributed by atoms with van der Waals surface area (Å²) in [6.07, 6.45) is -1.90. The zero-order valence-electron chi connectivity index (χ0n) is 16.5. The number of carbonyl (C=O) groups excluding carboxylic acids is 1. The lowest BCUT2D eigenvalue weighted by atomic mass is 9.87. The number of hydrogen-bond donors (Lipinski definition) is 1. The molecule has 1 atom stereocenters. The third kappa shape index (κ3) is 4.30. The molecule has 2 aromatic carbocycles. The predicted octanol–water partition coefficient (Wildman–Crippen LogP) is 5.49. The molecule has 0 aliphatic rings. The van der Waals surface area contributed by atoms with Crippen LogP contribution in [0.15, 0.2) is 77.9 Å². The van der Waals surface area contributed by atoms with Gasteiger partial charge in [0.25, 0.3) is 0 Å². The van der Waals surface area contributed by atoms with Crippen molar-refractivity contribution in [3.05, 3.63) is 111 Å². The molecule has 162 valence electrons. The average molecular weight is 440 g/mol. The number of Topliss-reactive ketones (excluding diaryl/α,β-unsaturated/α-hetero) is 1. The van der Waals surface area contributed by atoms with Crippen LogP contribution in [0.5, 0.6) is 0 Å². The van der Waals surface area contributed by atoms with Gasteiger partial charge in [-0.15, -0.1) is 0 Å². The van der Waals surface area contributed by atoms with Gasteiger partial charge in [-0.1, -0.05) is 18.2 Å². The molecule has 4 aromatic rings. The van der Waals surface area contributed by atoms with Gasteiger partial charge in [0.2, 0.25) is 0 Å². The van der Waals surface area contributed by atoms with Crippen molar-refractivity contribution in [3.63, 3.8) is 0 Å². The first-order valence-corrected chi connectivity index (χ1v) is 9.66. The van der Waals surface area contributed by atoms with Crippen LogP contribution in [-0.4, -0.2) is 15.8 Å². The highest BCUT2D eigenvalue weighted by molar-refractivity contribution is 5.99. The Morgan fingerprint density at radius 2 is 1.78 bits per heavy atom. The van der Waals surface area contributed by atoms with Gasteiger partial charge < -0.3 is 4.98 Å². The number of aromatic nitrogens is 2. The van der Waals surface area contributed by atoms with E-state index in [9.17, 15) is 27.2 Å². The number of H-pyrrole nitrogens is 1. The van der Waals surface area contributed by atoms with Crippen molar-refractivity contribution < 1.29 is 22.4 Å². The third-order valence-corrected chi connectivity index (χ3v) is 5.23. The maximum absolute atomic E-state index is 14.5. The number of carbonyl (C=O) groups is 1. The molecule has 0 amide bonds. The molecular formula is C24H16F4N2O2. The number of benzene rings is 2. The van der Waals surface area contributed by atoms with E-state index in [1.54, 1.807) is 0 Å². The Hall–Kier alpha value is -3.81. The van der Waals surface area contributed by atoms with E-state index in [1.807, 2.05) is 0 Å². The molecule has 0 radical (unpaired) electrons. The Labute approximate surface area is 179 Å². The minimum absolute atomic E-state index is 0.0326. The summed E-state index contributed by atoms with van der Waals surface area (Å²) < 4.78 is 53.3. The van der Waals surface area contributed by atoms with Gasteiger partial charge in [0.1, 0.15) is 5.82 Å². The first kappa shape index (κ1) is 21.4. The first-order valence-electron chi connectivity index (χ1n) is 9.66. The highest BCUT2D eigenvalue weighted by atomic mass is 19.4. The second-order valence-electron chi connectivity index (χ2n) is 7.27. The molecule has 2 aromatic heterocycles. The lowest BCUT2D eigenvalue weighted by Gasteiger charge is -2.18. The molecule has 0 spiro atoms. The van der Waals surface area contributed by atoms with Crippen molar-refractivity contribution in [2.75, 3.05) is 0 Å². The number of pyridine rings is 2. The molecule has 2 heterocycles. The van der Waals surface area contributed by atoms with Crippen molar-refractivity contribution in [2.24, 2.45) is 0 Å². The van der Waals surface area contributed by atoms with Gasteiger partial charge >= 0.3 is 6.18 Å². The molecule has 0 saturated heterocycles. The van der Waals surface area contributed by atoms with Crippen LogP contribution < -0.4 is 5.43 Å². The Bertz CT molecular complexity index is 1340. The van der Waals surface area contributed by atoms with Gasteiger partial charge in [-0.05, 0) is 42.0 Å². The van der Waals surface area contributed by atoms with E-state index in [2.05, 4.69) is 9.97 Å². The Morgan fingerprint density at radius 1 is 1.03 bits per heavy atom. The number of alkyl halides is 3. The zero-order valence-corrected chi connectivity index (χ0v) is 16.5. The quantitative estimate of drug-likeness (QED) is 0.330. The number of aromatic amines is 1. The van der Waals surface area contributed by atoms with E-state index in [1.165, 1.54) is 60.9 Å². The van der Waals surface area contributed by atoms with Gasteiger partial charge in [-0.25, -0.2) is 4.39 Å². The molecule has 0 unspecified atom stereocenters. The molecule has 8 heteroatoms. The van der Waals surface area contributed by atoms with E-state index in [0.29, 0.717) is 16.5 Å². The summed E-state index contributed by atoms with van der Waals surface area (Å²) in [6.45, 7) is 0. The standard InChI is InChI=1S/C24H16F4N2O2/c25-19-2-1-10-30-23(19)18(14-3-6-16(7-4-14)24(26,27)28)13-22(32)15-5-8-17-20(12-15)29-11-9-21(17)31/h1-12,18H,13H2,(H,29,31)/t18-/m0/s1. The molecule has 0 aliphatic heterocycles. The molecule has 4 nitrogen and oxygen atoms in total. The van der Waals surface area contributed by atoms with Gasteiger partial charge in [0.15, 0.2) is 11.2 Å². The van der Waals surface area contributed by atoms with Crippen LogP contribution in [0.25, 0.3) is 10.9 Å².